The van der Waals surface area contributed by atoms with Crippen molar-refractivity contribution in [1.29, 1.82) is 0 Å². The van der Waals surface area contributed by atoms with E-state index in [2.05, 4.69) is 15.2 Å². The third-order valence-corrected chi connectivity index (χ3v) is 5.08. The predicted molar refractivity (Wildman–Crippen MR) is 91.3 cm³/mol. The number of thiazole rings is 1. The lowest BCUT2D eigenvalue weighted by molar-refractivity contribution is 0.168. The van der Waals surface area contributed by atoms with Gasteiger partial charge in [0.1, 0.15) is 5.52 Å². The number of rotatable bonds is 3. The van der Waals surface area contributed by atoms with Crippen LogP contribution < -0.4 is 10.2 Å². The molecule has 1 aliphatic rings. The molecule has 0 radical (unpaired) electrons. The summed E-state index contributed by atoms with van der Waals surface area (Å²) in [7, 11) is 0. The second-order valence-electron chi connectivity index (χ2n) is 5.16. The Morgan fingerprint density at radius 1 is 1.41 bits per heavy atom. The van der Waals surface area contributed by atoms with Crippen molar-refractivity contribution in [1.82, 2.24) is 4.98 Å². The van der Waals surface area contributed by atoms with Gasteiger partial charge in [-0.2, -0.15) is 0 Å². The van der Waals surface area contributed by atoms with Gasteiger partial charge in [-0.15, -0.1) is 0 Å². The van der Waals surface area contributed by atoms with Crippen molar-refractivity contribution in [2.75, 3.05) is 29.9 Å². The zero-order valence-electron chi connectivity index (χ0n) is 12.4. The van der Waals surface area contributed by atoms with Gasteiger partial charge < -0.3 is 9.64 Å². The van der Waals surface area contributed by atoms with Crippen LogP contribution in [-0.4, -0.2) is 30.8 Å². The van der Waals surface area contributed by atoms with E-state index in [9.17, 15) is 4.79 Å². The molecule has 1 saturated heterocycles. The molecule has 1 aliphatic heterocycles. The molecule has 5 nitrogen and oxygen atoms in total. The Balaban J connectivity index is 1.94. The number of hydrogen-bond donors (Lipinski definition) is 1. The zero-order chi connectivity index (χ0) is 15.5. The van der Waals surface area contributed by atoms with E-state index in [4.69, 9.17) is 16.3 Å². The van der Waals surface area contributed by atoms with Crippen LogP contribution in [0.5, 0.6) is 0 Å². The normalized spacial score (nSPS) is 15.1. The summed E-state index contributed by atoms with van der Waals surface area (Å²) in [5.74, 6) is 0. The lowest BCUT2D eigenvalue weighted by Gasteiger charge is -2.25. The van der Waals surface area contributed by atoms with Crippen LogP contribution in [-0.2, 0) is 4.74 Å². The first-order chi connectivity index (χ1) is 10.7. The fourth-order valence-electron chi connectivity index (χ4n) is 2.56. The molecule has 0 atom stereocenters. The van der Waals surface area contributed by atoms with Gasteiger partial charge >= 0.3 is 6.09 Å². The number of nitrogens with zero attached hydrogens (tertiary/aromatic N) is 2. The number of carbonyl (C=O) groups excluding carboxylic acids is 1. The minimum atomic E-state index is -0.459. The highest BCUT2D eigenvalue weighted by Gasteiger charge is 2.18. The first kappa shape index (κ1) is 15.4. The summed E-state index contributed by atoms with van der Waals surface area (Å²) < 4.78 is 5.83. The number of hydrogen-bond acceptors (Lipinski definition) is 5. The van der Waals surface area contributed by atoms with E-state index >= 15 is 0 Å². The summed E-state index contributed by atoms with van der Waals surface area (Å²) in [5, 5.41) is 4.33. The number of amides is 1. The van der Waals surface area contributed by atoms with Crippen molar-refractivity contribution >= 4 is 50.1 Å². The van der Waals surface area contributed by atoms with Gasteiger partial charge in [0, 0.05) is 13.1 Å². The number of fused-ring (bicyclic) bond motifs is 1. The largest absolute Gasteiger partial charge is 0.450 e. The molecule has 0 saturated carbocycles. The predicted octanol–water partition coefficient (Wildman–Crippen LogP) is 4.51. The minimum Gasteiger partial charge on any atom is -0.450 e. The molecule has 0 bridgehead atoms. The Bertz CT molecular complexity index is 683. The maximum Gasteiger partial charge on any atom is 0.411 e. The van der Waals surface area contributed by atoms with Gasteiger partial charge in [0.15, 0.2) is 5.13 Å². The average molecular weight is 340 g/mol. The number of ether oxygens (including phenoxy) is 1. The van der Waals surface area contributed by atoms with Crippen LogP contribution in [0.4, 0.5) is 15.6 Å². The van der Waals surface area contributed by atoms with E-state index in [1.165, 1.54) is 19.3 Å². The van der Waals surface area contributed by atoms with Crippen LogP contribution in [0.3, 0.4) is 0 Å². The van der Waals surface area contributed by atoms with Crippen molar-refractivity contribution in [2.24, 2.45) is 0 Å². The molecule has 1 aromatic carbocycles. The molecule has 1 aromatic heterocycles. The summed E-state index contributed by atoms with van der Waals surface area (Å²) in [4.78, 5) is 18.6. The fraction of sp³-hybridized carbons (Fsp3) is 0.467. The smallest absolute Gasteiger partial charge is 0.411 e. The van der Waals surface area contributed by atoms with Gasteiger partial charge in [-0.1, -0.05) is 22.9 Å². The van der Waals surface area contributed by atoms with Crippen LogP contribution >= 0.6 is 22.9 Å². The van der Waals surface area contributed by atoms with Crippen LogP contribution in [0.15, 0.2) is 12.1 Å². The Morgan fingerprint density at radius 3 is 2.91 bits per heavy atom. The number of nitrogens with one attached hydrogen (secondary N) is 1. The molecule has 1 fully saturated rings. The quantitative estimate of drug-likeness (QED) is 0.894. The molecule has 3 rings (SSSR count). The summed E-state index contributed by atoms with van der Waals surface area (Å²) >= 11 is 7.83. The van der Waals surface area contributed by atoms with Gasteiger partial charge in [-0.3, -0.25) is 5.32 Å². The van der Waals surface area contributed by atoms with Crippen molar-refractivity contribution in [2.45, 2.75) is 26.2 Å². The van der Waals surface area contributed by atoms with Crippen molar-refractivity contribution < 1.29 is 9.53 Å². The molecule has 1 amide bonds. The summed E-state index contributed by atoms with van der Waals surface area (Å²) in [6, 6.07) is 3.55. The number of anilines is 2. The van der Waals surface area contributed by atoms with Gasteiger partial charge in [0.25, 0.3) is 0 Å². The molecular formula is C15H18ClN3O2S. The van der Waals surface area contributed by atoms with Crippen molar-refractivity contribution in [3.63, 3.8) is 0 Å². The average Bonchev–Trinajstić information content (AvgIpc) is 2.98. The van der Waals surface area contributed by atoms with E-state index in [1.807, 2.05) is 0 Å². The highest BCUT2D eigenvalue weighted by Crippen LogP contribution is 2.38. The molecule has 2 heterocycles. The third-order valence-electron chi connectivity index (χ3n) is 3.62. The summed E-state index contributed by atoms with van der Waals surface area (Å²) in [6.45, 7) is 4.17. The molecule has 22 heavy (non-hydrogen) atoms. The van der Waals surface area contributed by atoms with Gasteiger partial charge in [0.2, 0.25) is 0 Å². The maximum absolute atomic E-state index is 11.7. The summed E-state index contributed by atoms with van der Waals surface area (Å²) in [6.07, 6.45) is 3.20. The van der Waals surface area contributed by atoms with E-state index in [0.29, 0.717) is 17.3 Å². The number of piperidine rings is 1. The molecule has 0 unspecified atom stereocenters. The van der Waals surface area contributed by atoms with Gasteiger partial charge in [0.05, 0.1) is 22.0 Å². The molecule has 2 aromatic rings. The lowest BCUT2D eigenvalue weighted by atomic mass is 10.1. The zero-order valence-corrected chi connectivity index (χ0v) is 14.0. The molecule has 7 heteroatoms. The fourth-order valence-corrected chi connectivity index (χ4v) is 3.93. The Labute approximate surface area is 138 Å². The van der Waals surface area contributed by atoms with Crippen LogP contribution in [0.1, 0.15) is 26.2 Å². The van der Waals surface area contributed by atoms with Crippen LogP contribution in [0.2, 0.25) is 5.02 Å². The third kappa shape index (κ3) is 3.13. The highest BCUT2D eigenvalue weighted by molar-refractivity contribution is 7.23. The van der Waals surface area contributed by atoms with E-state index in [-0.39, 0.29) is 0 Å². The molecular weight excluding hydrogens is 322 g/mol. The highest BCUT2D eigenvalue weighted by atomic mass is 35.5. The number of carbonyl (C=O) groups is 1. The topological polar surface area (TPSA) is 54.5 Å². The first-order valence-electron chi connectivity index (χ1n) is 7.47. The number of aromatic nitrogens is 1. The van der Waals surface area contributed by atoms with Crippen LogP contribution in [0, 0.1) is 0 Å². The maximum atomic E-state index is 11.7. The summed E-state index contributed by atoms with van der Waals surface area (Å²) in [5.41, 5.74) is 1.43. The minimum absolute atomic E-state index is 0.338. The second kappa shape index (κ2) is 6.71. The number of halogens is 1. The van der Waals surface area contributed by atoms with E-state index in [0.717, 1.165) is 28.4 Å². The Morgan fingerprint density at radius 2 is 2.18 bits per heavy atom. The van der Waals surface area contributed by atoms with Gasteiger partial charge in [-0.05, 0) is 38.3 Å². The van der Waals surface area contributed by atoms with Gasteiger partial charge in [-0.25, -0.2) is 9.78 Å². The number of benzene rings is 1. The van der Waals surface area contributed by atoms with Crippen molar-refractivity contribution in [3.05, 3.63) is 17.2 Å². The van der Waals surface area contributed by atoms with Crippen molar-refractivity contribution in [3.8, 4) is 0 Å². The van der Waals surface area contributed by atoms with E-state index in [1.54, 1.807) is 30.4 Å². The lowest BCUT2D eigenvalue weighted by Crippen LogP contribution is -2.29. The molecule has 0 aliphatic carbocycles. The monoisotopic (exact) mass is 339 g/mol. The molecule has 1 N–H and O–H groups in total. The molecule has 0 spiro atoms. The molecule has 118 valence electrons. The SMILES string of the molecule is CCOC(=O)Nc1ccc(Cl)c2nc(N3CCCCC3)sc12. The van der Waals surface area contributed by atoms with E-state index < -0.39 is 6.09 Å². The standard InChI is InChI=1S/C15H18ClN3O2S/c1-2-21-15(20)17-11-7-6-10(16)12-13(11)22-14(18-12)19-8-4-3-5-9-19/h6-7H,2-5,8-9H2,1H3,(H,17,20). The first-order valence-corrected chi connectivity index (χ1v) is 8.66. The van der Waals surface area contributed by atoms with Crippen LogP contribution in [0.25, 0.3) is 10.2 Å². The Kier molecular flexibility index (Phi) is 4.69. The Hall–Kier alpha value is -1.53. The second-order valence-corrected chi connectivity index (χ2v) is 6.55.